The molecule has 0 atom stereocenters. The zero-order valence-electron chi connectivity index (χ0n) is 19.6. The largest absolute Gasteiger partial charge is 0.495 e. The fraction of sp³-hybridized carbons (Fsp3) is 0.360. The van der Waals surface area contributed by atoms with Gasteiger partial charge in [0, 0.05) is 11.1 Å². The molecule has 10 heteroatoms. The van der Waals surface area contributed by atoms with Gasteiger partial charge in [0.25, 0.3) is 5.56 Å². The van der Waals surface area contributed by atoms with E-state index in [4.69, 9.17) is 16.3 Å². The van der Waals surface area contributed by atoms with Crippen LogP contribution in [-0.2, 0) is 22.7 Å². The van der Waals surface area contributed by atoms with Gasteiger partial charge in [-0.15, -0.1) is 0 Å². The Morgan fingerprint density at radius 2 is 1.74 bits per heavy atom. The maximum atomic E-state index is 13.3. The van der Waals surface area contributed by atoms with Crippen molar-refractivity contribution in [1.82, 2.24) is 14.5 Å². The van der Waals surface area contributed by atoms with E-state index in [1.807, 2.05) is 6.92 Å². The lowest BCUT2D eigenvalue weighted by Gasteiger charge is -2.16. The second-order valence-corrected chi connectivity index (χ2v) is 9.08. The quantitative estimate of drug-likeness (QED) is 0.520. The summed E-state index contributed by atoms with van der Waals surface area (Å²) in [5.74, 6) is -0.497. The van der Waals surface area contributed by atoms with Gasteiger partial charge in [0.05, 0.1) is 23.7 Å². The molecule has 2 N–H and O–H groups in total. The number of anilines is 1. The average molecular weight is 499 g/mol. The van der Waals surface area contributed by atoms with E-state index in [1.54, 1.807) is 36.4 Å². The minimum atomic E-state index is -0.737. The number of fused-ring (bicyclic) bond motifs is 1. The van der Waals surface area contributed by atoms with Crippen LogP contribution in [0.5, 0.6) is 5.75 Å². The smallest absolute Gasteiger partial charge is 0.332 e. The first-order valence-corrected chi connectivity index (χ1v) is 11.8. The van der Waals surface area contributed by atoms with Crippen LogP contribution in [0.3, 0.4) is 0 Å². The Morgan fingerprint density at radius 3 is 2.46 bits per heavy atom. The minimum Gasteiger partial charge on any atom is -0.495 e. The fourth-order valence-corrected chi connectivity index (χ4v) is 4.57. The molecular formula is C25H27ClN4O5. The summed E-state index contributed by atoms with van der Waals surface area (Å²) in [6.07, 6.45) is 3.85. The van der Waals surface area contributed by atoms with Crippen molar-refractivity contribution in [2.75, 3.05) is 12.4 Å². The monoisotopic (exact) mass is 498 g/mol. The van der Waals surface area contributed by atoms with Crippen molar-refractivity contribution in [3.8, 4) is 5.75 Å². The van der Waals surface area contributed by atoms with Crippen molar-refractivity contribution < 1.29 is 14.3 Å². The first-order chi connectivity index (χ1) is 16.8. The van der Waals surface area contributed by atoms with Crippen LogP contribution in [0.1, 0.15) is 31.2 Å². The summed E-state index contributed by atoms with van der Waals surface area (Å²) in [6, 6.07) is 9.84. The zero-order chi connectivity index (χ0) is 25.1. The molecule has 2 aromatic carbocycles. The molecule has 0 unspecified atom stereocenters. The predicted octanol–water partition coefficient (Wildman–Crippen LogP) is 2.83. The number of amides is 2. The predicted molar refractivity (Wildman–Crippen MR) is 134 cm³/mol. The van der Waals surface area contributed by atoms with Crippen molar-refractivity contribution in [3.05, 3.63) is 67.8 Å². The standard InChI is InChI=1S/C25H27ClN4O5/c1-15-11-21(35-2)19(12-18(15)26)28-23(32)13-29-20-10-6-5-9-17(20)24(33)30(25(29)34)14-22(31)27-16-7-3-4-8-16/h5-6,9-12,16H,3-4,7-8,13-14H2,1-2H3,(H,27,31)(H,28,32). The summed E-state index contributed by atoms with van der Waals surface area (Å²) in [5.41, 5.74) is 0.135. The molecule has 1 aliphatic carbocycles. The van der Waals surface area contributed by atoms with E-state index >= 15 is 0 Å². The first-order valence-electron chi connectivity index (χ1n) is 11.4. The third kappa shape index (κ3) is 5.24. The second-order valence-electron chi connectivity index (χ2n) is 8.68. The van der Waals surface area contributed by atoms with Gasteiger partial charge in [0.1, 0.15) is 18.8 Å². The highest BCUT2D eigenvalue weighted by atomic mass is 35.5. The molecule has 2 amide bonds. The molecular weight excluding hydrogens is 472 g/mol. The van der Waals surface area contributed by atoms with E-state index in [1.165, 1.54) is 11.7 Å². The van der Waals surface area contributed by atoms with Crippen LogP contribution >= 0.6 is 11.6 Å². The van der Waals surface area contributed by atoms with Gasteiger partial charge < -0.3 is 15.4 Å². The van der Waals surface area contributed by atoms with Gasteiger partial charge in [-0.25, -0.2) is 4.79 Å². The Kier molecular flexibility index (Phi) is 7.25. The first kappa shape index (κ1) is 24.5. The maximum Gasteiger partial charge on any atom is 0.332 e. The summed E-state index contributed by atoms with van der Waals surface area (Å²) < 4.78 is 7.40. The molecule has 1 aliphatic rings. The van der Waals surface area contributed by atoms with Crippen LogP contribution in [0.2, 0.25) is 5.02 Å². The number of aryl methyl sites for hydroxylation is 1. The van der Waals surface area contributed by atoms with Crippen molar-refractivity contribution in [1.29, 1.82) is 0 Å². The maximum absolute atomic E-state index is 13.3. The number of methoxy groups -OCH3 is 1. The minimum absolute atomic E-state index is 0.0583. The molecule has 0 bridgehead atoms. The van der Waals surface area contributed by atoms with Crippen LogP contribution in [-0.4, -0.2) is 34.1 Å². The molecule has 1 heterocycles. The van der Waals surface area contributed by atoms with E-state index < -0.39 is 29.6 Å². The molecule has 0 saturated heterocycles. The van der Waals surface area contributed by atoms with Crippen molar-refractivity contribution >= 4 is 40.0 Å². The van der Waals surface area contributed by atoms with Gasteiger partial charge >= 0.3 is 5.69 Å². The van der Waals surface area contributed by atoms with Crippen LogP contribution < -0.4 is 26.6 Å². The molecule has 0 aliphatic heterocycles. The van der Waals surface area contributed by atoms with Crippen molar-refractivity contribution in [2.45, 2.75) is 51.7 Å². The van der Waals surface area contributed by atoms with Crippen LogP contribution in [0.4, 0.5) is 5.69 Å². The highest BCUT2D eigenvalue weighted by Crippen LogP contribution is 2.30. The Balaban J connectivity index is 1.66. The number of carbonyl (C=O) groups excluding carboxylic acids is 2. The Morgan fingerprint density at radius 1 is 1.06 bits per heavy atom. The van der Waals surface area contributed by atoms with Gasteiger partial charge in [-0.1, -0.05) is 36.6 Å². The molecule has 0 radical (unpaired) electrons. The number of ether oxygens (including phenoxy) is 1. The Bertz CT molecular complexity index is 1410. The number of aromatic nitrogens is 2. The fourth-order valence-electron chi connectivity index (χ4n) is 4.41. The number of nitrogens with one attached hydrogen (secondary N) is 2. The topological polar surface area (TPSA) is 111 Å². The van der Waals surface area contributed by atoms with Crippen molar-refractivity contribution in [3.63, 3.8) is 0 Å². The van der Waals surface area contributed by atoms with Gasteiger partial charge in [0.15, 0.2) is 0 Å². The third-order valence-corrected chi connectivity index (χ3v) is 6.62. The van der Waals surface area contributed by atoms with Gasteiger partial charge in [-0.3, -0.25) is 23.5 Å². The van der Waals surface area contributed by atoms with E-state index in [0.29, 0.717) is 22.0 Å². The molecule has 9 nitrogen and oxygen atoms in total. The summed E-state index contributed by atoms with van der Waals surface area (Å²) >= 11 is 6.20. The summed E-state index contributed by atoms with van der Waals surface area (Å²) in [6.45, 7) is 1.02. The highest BCUT2D eigenvalue weighted by molar-refractivity contribution is 6.31. The lowest BCUT2D eigenvalue weighted by molar-refractivity contribution is -0.122. The van der Waals surface area contributed by atoms with Crippen LogP contribution in [0.25, 0.3) is 10.9 Å². The van der Waals surface area contributed by atoms with E-state index in [-0.39, 0.29) is 18.0 Å². The number of rotatable bonds is 7. The van der Waals surface area contributed by atoms with Crippen LogP contribution in [0.15, 0.2) is 46.0 Å². The van der Waals surface area contributed by atoms with Crippen LogP contribution in [0, 0.1) is 6.92 Å². The lowest BCUT2D eigenvalue weighted by Crippen LogP contribution is -2.46. The van der Waals surface area contributed by atoms with Crippen molar-refractivity contribution in [2.24, 2.45) is 0 Å². The summed E-state index contributed by atoms with van der Waals surface area (Å²) in [7, 11) is 1.48. The third-order valence-electron chi connectivity index (χ3n) is 6.21. The Labute approximate surface area is 206 Å². The molecule has 184 valence electrons. The van der Waals surface area contributed by atoms with Gasteiger partial charge in [-0.05, 0) is 49.6 Å². The summed E-state index contributed by atoms with van der Waals surface area (Å²) in [5, 5.41) is 6.30. The molecule has 4 rings (SSSR count). The number of halogens is 1. The summed E-state index contributed by atoms with van der Waals surface area (Å²) in [4.78, 5) is 51.9. The second kappa shape index (κ2) is 10.4. The SMILES string of the molecule is COc1cc(C)c(Cl)cc1NC(=O)Cn1c(=O)n(CC(=O)NC2CCCC2)c(=O)c2ccccc21. The normalized spacial score (nSPS) is 13.7. The lowest BCUT2D eigenvalue weighted by atomic mass is 10.2. The molecule has 0 spiro atoms. The van der Waals surface area contributed by atoms with E-state index in [2.05, 4.69) is 10.6 Å². The van der Waals surface area contributed by atoms with Gasteiger partial charge in [-0.2, -0.15) is 0 Å². The number of carbonyl (C=O) groups is 2. The zero-order valence-corrected chi connectivity index (χ0v) is 20.4. The molecule has 35 heavy (non-hydrogen) atoms. The molecule has 1 saturated carbocycles. The molecule has 3 aromatic rings. The van der Waals surface area contributed by atoms with Gasteiger partial charge in [0.2, 0.25) is 11.8 Å². The number of para-hydroxylation sites is 1. The number of benzene rings is 2. The number of hydrogen-bond acceptors (Lipinski definition) is 5. The van der Waals surface area contributed by atoms with E-state index in [0.717, 1.165) is 35.8 Å². The Hall–Kier alpha value is -3.59. The molecule has 1 aromatic heterocycles. The highest BCUT2D eigenvalue weighted by Gasteiger charge is 2.21. The molecule has 1 fully saturated rings. The average Bonchev–Trinajstić information content (AvgIpc) is 3.34. The number of hydrogen-bond donors (Lipinski definition) is 2. The van der Waals surface area contributed by atoms with E-state index in [9.17, 15) is 19.2 Å². The number of nitrogens with zero attached hydrogens (tertiary/aromatic N) is 2.